The Bertz CT molecular complexity index is 399. The molecule has 2 heteroatoms. The smallest absolute Gasteiger partial charge is 0.160 e. The quantitative estimate of drug-likeness (QED) is 0.296. The van der Waals surface area contributed by atoms with Crippen LogP contribution in [0.5, 0.6) is 0 Å². The molecule has 0 aliphatic carbocycles. The maximum atomic E-state index is 9.81. The highest BCUT2D eigenvalue weighted by atomic mass is 16.6. The van der Waals surface area contributed by atoms with E-state index in [1.165, 1.54) is 0 Å². The first-order chi connectivity index (χ1) is 9.42. The van der Waals surface area contributed by atoms with Gasteiger partial charge in [-0.2, -0.15) is 0 Å². The van der Waals surface area contributed by atoms with Crippen molar-refractivity contribution in [3.63, 3.8) is 0 Å². The van der Waals surface area contributed by atoms with Gasteiger partial charge in [-0.1, -0.05) is 43.4 Å². The van der Waals surface area contributed by atoms with Crippen molar-refractivity contribution in [1.82, 2.24) is 0 Å². The van der Waals surface area contributed by atoms with Crippen molar-refractivity contribution < 1.29 is 9.84 Å². The standard InChI is InChI=1S/C18H26O2/c1-6-9-10-11-12-14-17(20-18(4,5)19)15-16(8-3)13-7-2/h6-8,13,17,19H,1-3,9,12,14-15H2,4-5H3/b16-13+/t17-/m0/s1. The van der Waals surface area contributed by atoms with E-state index in [2.05, 4.69) is 31.6 Å². The molecule has 0 heterocycles. The second-order valence-corrected chi connectivity index (χ2v) is 4.96. The summed E-state index contributed by atoms with van der Waals surface area (Å²) in [4.78, 5) is 0. The van der Waals surface area contributed by atoms with Crippen molar-refractivity contribution in [2.45, 2.75) is 51.4 Å². The number of hydrogen-bond acceptors (Lipinski definition) is 2. The molecule has 0 aromatic rings. The van der Waals surface area contributed by atoms with E-state index in [4.69, 9.17) is 4.74 Å². The van der Waals surface area contributed by atoms with Crippen molar-refractivity contribution in [3.8, 4) is 11.8 Å². The van der Waals surface area contributed by atoms with E-state index in [1.807, 2.05) is 6.08 Å². The van der Waals surface area contributed by atoms with Crippen LogP contribution < -0.4 is 0 Å². The highest BCUT2D eigenvalue weighted by Gasteiger charge is 2.20. The van der Waals surface area contributed by atoms with Crippen LogP contribution in [0.2, 0.25) is 0 Å². The number of aliphatic hydroxyl groups is 1. The predicted octanol–water partition coefficient (Wildman–Crippen LogP) is 4.15. The van der Waals surface area contributed by atoms with E-state index in [0.29, 0.717) is 12.8 Å². The molecule has 2 nitrogen and oxygen atoms in total. The fourth-order valence-corrected chi connectivity index (χ4v) is 1.71. The van der Waals surface area contributed by atoms with Gasteiger partial charge in [0.1, 0.15) is 0 Å². The highest BCUT2D eigenvalue weighted by molar-refractivity contribution is 5.21. The van der Waals surface area contributed by atoms with Crippen LogP contribution in [0.4, 0.5) is 0 Å². The molecule has 0 spiro atoms. The van der Waals surface area contributed by atoms with Gasteiger partial charge < -0.3 is 9.84 Å². The molecule has 0 bridgehead atoms. The first kappa shape index (κ1) is 18.4. The van der Waals surface area contributed by atoms with Crippen LogP contribution in [0.1, 0.15) is 39.5 Å². The molecule has 0 fully saturated rings. The normalized spacial score (nSPS) is 13.1. The summed E-state index contributed by atoms with van der Waals surface area (Å²) in [6, 6.07) is 0. The number of allylic oxidation sites excluding steroid dienone is 4. The molecule has 0 saturated heterocycles. The predicted molar refractivity (Wildman–Crippen MR) is 86.1 cm³/mol. The maximum Gasteiger partial charge on any atom is 0.160 e. The Kier molecular flexibility index (Phi) is 9.45. The molecule has 110 valence electrons. The van der Waals surface area contributed by atoms with E-state index in [-0.39, 0.29) is 6.10 Å². The summed E-state index contributed by atoms with van der Waals surface area (Å²) in [5.74, 6) is 4.93. The summed E-state index contributed by atoms with van der Waals surface area (Å²) >= 11 is 0. The lowest BCUT2D eigenvalue weighted by Gasteiger charge is -2.26. The Hall–Kier alpha value is -1.56. The van der Waals surface area contributed by atoms with E-state index < -0.39 is 5.79 Å². The summed E-state index contributed by atoms with van der Waals surface area (Å²) < 4.78 is 5.67. The Morgan fingerprint density at radius 3 is 2.50 bits per heavy atom. The monoisotopic (exact) mass is 274 g/mol. The van der Waals surface area contributed by atoms with Crippen LogP contribution in [0.3, 0.4) is 0 Å². The lowest BCUT2D eigenvalue weighted by Crippen LogP contribution is -2.30. The van der Waals surface area contributed by atoms with E-state index in [9.17, 15) is 5.11 Å². The van der Waals surface area contributed by atoms with Crippen molar-refractivity contribution in [2.24, 2.45) is 0 Å². The van der Waals surface area contributed by atoms with Crippen molar-refractivity contribution in [3.05, 3.63) is 49.6 Å². The molecule has 0 amide bonds. The van der Waals surface area contributed by atoms with Gasteiger partial charge in [-0.15, -0.1) is 12.5 Å². The van der Waals surface area contributed by atoms with Gasteiger partial charge in [-0.3, -0.25) is 0 Å². The molecule has 0 aliphatic heterocycles. The molecule has 0 rings (SSSR count). The van der Waals surface area contributed by atoms with Gasteiger partial charge in [0.25, 0.3) is 0 Å². The third-order valence-corrected chi connectivity index (χ3v) is 2.48. The second kappa shape index (κ2) is 10.3. The molecule has 0 unspecified atom stereocenters. The van der Waals surface area contributed by atoms with Gasteiger partial charge in [-0.25, -0.2) is 0 Å². The molecule has 20 heavy (non-hydrogen) atoms. The zero-order chi connectivity index (χ0) is 15.4. The summed E-state index contributed by atoms with van der Waals surface area (Å²) in [7, 11) is 0. The first-order valence-corrected chi connectivity index (χ1v) is 6.83. The van der Waals surface area contributed by atoms with Crippen LogP contribution in [0.25, 0.3) is 0 Å². The van der Waals surface area contributed by atoms with Crippen molar-refractivity contribution in [2.75, 3.05) is 0 Å². The fourth-order valence-electron chi connectivity index (χ4n) is 1.71. The maximum absolute atomic E-state index is 9.81. The second-order valence-electron chi connectivity index (χ2n) is 4.96. The number of rotatable bonds is 9. The Morgan fingerprint density at radius 2 is 2.00 bits per heavy atom. The van der Waals surface area contributed by atoms with Crippen molar-refractivity contribution in [1.29, 1.82) is 0 Å². The van der Waals surface area contributed by atoms with E-state index >= 15 is 0 Å². The molecule has 1 N–H and O–H groups in total. The lowest BCUT2D eigenvalue weighted by molar-refractivity contribution is -0.205. The number of ether oxygens (including phenoxy) is 1. The van der Waals surface area contributed by atoms with Gasteiger partial charge in [-0.05, 0) is 32.3 Å². The third kappa shape index (κ3) is 10.4. The summed E-state index contributed by atoms with van der Waals surface area (Å²) in [5.41, 5.74) is 1.04. The third-order valence-electron chi connectivity index (χ3n) is 2.48. The van der Waals surface area contributed by atoms with E-state index in [0.717, 1.165) is 18.4 Å². The zero-order valence-electron chi connectivity index (χ0n) is 12.7. The molecular formula is C18H26O2. The van der Waals surface area contributed by atoms with Gasteiger partial charge in [0.2, 0.25) is 0 Å². The van der Waals surface area contributed by atoms with Crippen molar-refractivity contribution >= 4 is 0 Å². The minimum Gasteiger partial charge on any atom is -0.366 e. The average Bonchev–Trinajstić information content (AvgIpc) is 2.36. The Balaban J connectivity index is 4.61. The summed E-state index contributed by atoms with van der Waals surface area (Å²) in [6.07, 6.45) is 9.96. The molecule has 0 aliphatic rings. The average molecular weight is 274 g/mol. The first-order valence-electron chi connectivity index (χ1n) is 6.83. The molecule has 0 aromatic carbocycles. The van der Waals surface area contributed by atoms with Gasteiger partial charge in [0.15, 0.2) is 5.79 Å². The largest absolute Gasteiger partial charge is 0.366 e. The zero-order valence-corrected chi connectivity index (χ0v) is 12.7. The molecule has 0 radical (unpaired) electrons. The minimum atomic E-state index is -1.15. The summed E-state index contributed by atoms with van der Waals surface area (Å²) in [5, 5.41) is 9.81. The Labute approximate surface area is 123 Å². The highest BCUT2D eigenvalue weighted by Crippen LogP contribution is 2.19. The van der Waals surface area contributed by atoms with Crippen LogP contribution in [0, 0.1) is 11.8 Å². The molecule has 0 aromatic heterocycles. The van der Waals surface area contributed by atoms with Crippen LogP contribution in [0.15, 0.2) is 49.6 Å². The van der Waals surface area contributed by atoms with Crippen LogP contribution in [-0.4, -0.2) is 17.0 Å². The molecular weight excluding hydrogens is 248 g/mol. The van der Waals surface area contributed by atoms with Gasteiger partial charge in [0, 0.05) is 12.8 Å². The number of hydrogen-bond donors (Lipinski definition) is 1. The topological polar surface area (TPSA) is 29.5 Å². The SMILES string of the molecule is C=C/C=C(\C=C)C[C@H](CCC#CCC=C)OC(C)(C)O. The van der Waals surface area contributed by atoms with Gasteiger partial charge >= 0.3 is 0 Å². The minimum absolute atomic E-state index is 0.0998. The molecule has 0 saturated carbocycles. The van der Waals surface area contributed by atoms with Crippen LogP contribution >= 0.6 is 0 Å². The fraction of sp³-hybridized carbons (Fsp3) is 0.444. The molecule has 1 atom stereocenters. The van der Waals surface area contributed by atoms with Gasteiger partial charge in [0.05, 0.1) is 6.10 Å². The lowest BCUT2D eigenvalue weighted by atomic mass is 10.0. The Morgan fingerprint density at radius 1 is 1.30 bits per heavy atom. The van der Waals surface area contributed by atoms with Crippen LogP contribution in [-0.2, 0) is 4.74 Å². The van der Waals surface area contributed by atoms with E-state index in [1.54, 1.807) is 32.1 Å². The summed E-state index contributed by atoms with van der Waals surface area (Å²) in [6.45, 7) is 14.3.